The van der Waals surface area contributed by atoms with E-state index in [2.05, 4.69) is 6.58 Å². The van der Waals surface area contributed by atoms with E-state index in [1.165, 1.54) is 19.3 Å². The van der Waals surface area contributed by atoms with Crippen LogP contribution in [0.15, 0.2) is 48.7 Å². The molecule has 1 heterocycles. The minimum absolute atomic E-state index is 0.108. The molecule has 0 amide bonds. The first kappa shape index (κ1) is 32.6. The Morgan fingerprint density at radius 2 is 1.61 bits per heavy atom. The molecule has 1 aliphatic heterocycles. The van der Waals surface area contributed by atoms with Crippen molar-refractivity contribution in [3.63, 3.8) is 0 Å². The smallest absolute Gasteiger partial charge is 0.311 e. The second-order valence-corrected chi connectivity index (χ2v) is 13.1. The molecule has 0 saturated carbocycles. The van der Waals surface area contributed by atoms with Crippen LogP contribution in [0.5, 0.6) is 17.2 Å². The van der Waals surface area contributed by atoms with Crippen LogP contribution in [0, 0.1) is 0 Å². The Balaban J connectivity index is 1.49. The number of ketones is 2. The fourth-order valence-corrected chi connectivity index (χ4v) is 7.86. The van der Waals surface area contributed by atoms with Gasteiger partial charge in [-0.15, -0.1) is 0 Å². The predicted octanol–water partition coefficient (Wildman–Crippen LogP) is 7.20. The summed E-state index contributed by atoms with van der Waals surface area (Å²) in [7, 11) is 6.89. The van der Waals surface area contributed by atoms with Crippen molar-refractivity contribution in [2.24, 2.45) is 0 Å². The number of benzene rings is 2. The first-order valence-corrected chi connectivity index (χ1v) is 16.3. The van der Waals surface area contributed by atoms with Gasteiger partial charge in [-0.25, -0.2) is 0 Å². The molecule has 2 aromatic rings. The van der Waals surface area contributed by atoms with E-state index in [1.54, 1.807) is 20.1 Å². The van der Waals surface area contributed by atoms with Gasteiger partial charge in [-0.2, -0.15) is 0 Å². The summed E-state index contributed by atoms with van der Waals surface area (Å²) in [5, 5.41) is 10.5. The number of Topliss-reactive ketones (excluding diaryl/α,β-unsaturated/α-hetero) is 2. The average molecular weight is 601 g/mol. The highest BCUT2D eigenvalue weighted by atomic mass is 33.1. The molecule has 0 bridgehead atoms. The normalized spacial score (nSPS) is 15.2. The maximum Gasteiger partial charge on any atom is 0.311 e. The Hall–Kier alpha value is -2.91. The van der Waals surface area contributed by atoms with Gasteiger partial charge in [0.2, 0.25) is 0 Å². The zero-order chi connectivity index (χ0) is 29.8. The fourth-order valence-electron chi connectivity index (χ4n) is 4.83. The maximum absolute atomic E-state index is 12.6. The molecule has 1 fully saturated rings. The Bertz CT molecular complexity index is 1220. The molecule has 41 heavy (non-hydrogen) atoms. The molecule has 0 aliphatic carbocycles. The molecule has 1 N–H and O–H groups in total. The SMILES string of the molecule is C=C(C)Oc1ccc(CCC(=O)CC(=O)CCc2ccc(C(CCCC3CCSS3)C(=O)O)c(OC)c2)cc1OC. The van der Waals surface area contributed by atoms with Crippen molar-refractivity contribution in [1.29, 1.82) is 0 Å². The van der Waals surface area contributed by atoms with Crippen LogP contribution in [-0.4, -0.2) is 47.9 Å². The van der Waals surface area contributed by atoms with E-state index < -0.39 is 11.9 Å². The second-order valence-electron chi connectivity index (χ2n) is 10.3. The lowest BCUT2D eigenvalue weighted by atomic mass is 9.90. The van der Waals surface area contributed by atoms with Crippen LogP contribution >= 0.6 is 21.6 Å². The molecule has 0 radical (unpaired) electrons. The lowest BCUT2D eigenvalue weighted by molar-refractivity contribution is -0.139. The van der Waals surface area contributed by atoms with E-state index in [0.717, 1.165) is 24.0 Å². The zero-order valence-electron chi connectivity index (χ0n) is 24.1. The van der Waals surface area contributed by atoms with Crippen LogP contribution < -0.4 is 14.2 Å². The van der Waals surface area contributed by atoms with Crippen molar-refractivity contribution in [1.82, 2.24) is 0 Å². The van der Waals surface area contributed by atoms with Crippen LogP contribution in [0.2, 0.25) is 0 Å². The topological polar surface area (TPSA) is 99.1 Å². The van der Waals surface area contributed by atoms with E-state index in [1.807, 2.05) is 51.9 Å². The molecule has 2 atom stereocenters. The van der Waals surface area contributed by atoms with Gasteiger partial charge in [0, 0.05) is 29.4 Å². The number of aryl methyl sites for hydroxylation is 2. The van der Waals surface area contributed by atoms with Crippen molar-refractivity contribution in [3.05, 3.63) is 65.4 Å². The summed E-state index contributed by atoms with van der Waals surface area (Å²) in [6.45, 7) is 5.48. The molecule has 3 rings (SSSR count). The summed E-state index contributed by atoms with van der Waals surface area (Å²) in [6, 6.07) is 11.0. The molecule has 1 saturated heterocycles. The lowest BCUT2D eigenvalue weighted by Gasteiger charge is -2.18. The van der Waals surface area contributed by atoms with Gasteiger partial charge >= 0.3 is 5.97 Å². The number of carbonyl (C=O) groups is 3. The van der Waals surface area contributed by atoms with E-state index in [4.69, 9.17) is 14.2 Å². The minimum Gasteiger partial charge on any atom is -0.496 e. The number of hydrogen-bond donors (Lipinski definition) is 1. The van der Waals surface area contributed by atoms with Gasteiger partial charge in [-0.1, -0.05) is 52.8 Å². The number of carboxylic acids is 1. The number of allylic oxidation sites excluding steroid dienone is 1. The van der Waals surface area contributed by atoms with E-state index in [-0.39, 0.29) is 30.8 Å². The van der Waals surface area contributed by atoms with Gasteiger partial charge in [0.15, 0.2) is 11.5 Å². The van der Waals surface area contributed by atoms with Gasteiger partial charge in [0.1, 0.15) is 17.3 Å². The number of aliphatic carboxylic acids is 1. The summed E-state index contributed by atoms with van der Waals surface area (Å²) < 4.78 is 16.5. The number of ether oxygens (including phenoxy) is 3. The number of carboxylic acid groups (broad SMARTS) is 1. The van der Waals surface area contributed by atoms with Crippen LogP contribution in [0.25, 0.3) is 0 Å². The van der Waals surface area contributed by atoms with Crippen LogP contribution in [-0.2, 0) is 27.2 Å². The van der Waals surface area contributed by atoms with Gasteiger partial charge in [-0.05, 0) is 68.4 Å². The van der Waals surface area contributed by atoms with Crippen molar-refractivity contribution in [2.75, 3.05) is 20.0 Å². The first-order valence-electron chi connectivity index (χ1n) is 13.9. The van der Waals surface area contributed by atoms with E-state index in [9.17, 15) is 19.5 Å². The third kappa shape index (κ3) is 10.5. The third-order valence-electron chi connectivity index (χ3n) is 7.01. The molecular formula is C32H40O7S2. The maximum atomic E-state index is 12.6. The molecule has 1 aliphatic rings. The quantitative estimate of drug-likeness (QED) is 0.108. The highest BCUT2D eigenvalue weighted by Crippen LogP contribution is 2.41. The summed E-state index contributed by atoms with van der Waals surface area (Å²) in [5.74, 6) is 1.65. The highest BCUT2D eigenvalue weighted by molar-refractivity contribution is 8.77. The predicted molar refractivity (Wildman–Crippen MR) is 165 cm³/mol. The summed E-state index contributed by atoms with van der Waals surface area (Å²) in [5.41, 5.74) is 2.45. The van der Waals surface area contributed by atoms with Crippen molar-refractivity contribution >= 4 is 39.1 Å². The molecule has 2 aromatic carbocycles. The molecule has 0 spiro atoms. The van der Waals surface area contributed by atoms with Crippen molar-refractivity contribution in [3.8, 4) is 17.2 Å². The highest BCUT2D eigenvalue weighted by Gasteiger charge is 2.25. The molecule has 0 aromatic heterocycles. The molecular weight excluding hydrogens is 560 g/mol. The third-order valence-corrected chi connectivity index (χ3v) is 10.0. The average Bonchev–Trinajstić information content (AvgIpc) is 3.47. The Morgan fingerprint density at radius 1 is 0.976 bits per heavy atom. The van der Waals surface area contributed by atoms with Gasteiger partial charge < -0.3 is 19.3 Å². The molecule has 9 heteroatoms. The minimum atomic E-state index is -0.854. The molecule has 7 nitrogen and oxygen atoms in total. The molecule has 222 valence electrons. The fraction of sp³-hybridized carbons (Fsp3) is 0.469. The van der Waals surface area contributed by atoms with Crippen LogP contribution in [0.4, 0.5) is 0 Å². The largest absolute Gasteiger partial charge is 0.496 e. The number of carbonyl (C=O) groups excluding carboxylic acids is 2. The Labute approximate surface area is 250 Å². The van der Waals surface area contributed by atoms with Crippen LogP contribution in [0.1, 0.15) is 74.5 Å². The van der Waals surface area contributed by atoms with Gasteiger partial charge in [0.25, 0.3) is 0 Å². The number of hydrogen-bond acceptors (Lipinski definition) is 8. The first-order chi connectivity index (χ1) is 19.7. The second kappa shape index (κ2) is 16.5. The monoisotopic (exact) mass is 600 g/mol. The summed E-state index contributed by atoms with van der Waals surface area (Å²) in [4.78, 5) is 37.1. The Morgan fingerprint density at radius 3 is 2.17 bits per heavy atom. The number of methoxy groups -OCH3 is 2. The Kier molecular flexibility index (Phi) is 13.1. The van der Waals surface area contributed by atoms with Crippen molar-refractivity contribution < 1.29 is 33.7 Å². The standard InChI is InChI=1S/C32H40O7S2/c1-21(2)39-29-15-11-23(19-31(29)38-4)9-13-25(34)20-24(33)12-8-22-10-14-27(30(18-22)37-3)28(32(35)36)7-5-6-26-16-17-40-41-26/h10-11,14-15,18-19,26,28H,1,5-9,12-13,16-17,20H2,2-4H3,(H,35,36). The number of rotatable bonds is 18. The van der Waals surface area contributed by atoms with E-state index in [0.29, 0.717) is 53.1 Å². The van der Waals surface area contributed by atoms with Crippen LogP contribution in [0.3, 0.4) is 0 Å². The van der Waals surface area contributed by atoms with E-state index >= 15 is 0 Å². The molecule has 2 unspecified atom stereocenters. The zero-order valence-corrected chi connectivity index (χ0v) is 25.7. The van der Waals surface area contributed by atoms with Gasteiger partial charge in [0.05, 0.1) is 32.3 Å². The lowest BCUT2D eigenvalue weighted by Crippen LogP contribution is -2.14. The summed E-state index contributed by atoms with van der Waals surface area (Å²) >= 11 is 0. The van der Waals surface area contributed by atoms with Gasteiger partial charge in [-0.3, -0.25) is 14.4 Å². The van der Waals surface area contributed by atoms with Crippen molar-refractivity contribution in [2.45, 2.75) is 75.9 Å². The summed E-state index contributed by atoms with van der Waals surface area (Å²) in [6.07, 6.45) is 4.95.